The molecule has 0 bridgehead atoms. The van der Waals surface area contributed by atoms with Crippen LogP contribution in [0, 0.1) is 6.92 Å². The average Bonchev–Trinajstić information content (AvgIpc) is 2.77. The van der Waals surface area contributed by atoms with Gasteiger partial charge in [0.05, 0.1) is 11.9 Å². The first-order chi connectivity index (χ1) is 7.74. The number of nitrogens with zero attached hydrogens (tertiary/aromatic N) is 2. The lowest BCUT2D eigenvalue weighted by molar-refractivity contribution is 0.112. The zero-order valence-electron chi connectivity index (χ0n) is 9.47. The predicted molar refractivity (Wildman–Crippen MR) is 63.1 cm³/mol. The third kappa shape index (κ3) is 1.89. The smallest absolute Gasteiger partial charge is 0.150 e. The first-order valence-electron chi connectivity index (χ1n) is 5.34. The zero-order chi connectivity index (χ0) is 11.5. The number of aromatic nitrogens is 2. The van der Waals surface area contributed by atoms with Crippen molar-refractivity contribution in [1.82, 2.24) is 9.78 Å². The van der Waals surface area contributed by atoms with Gasteiger partial charge in [-0.05, 0) is 42.7 Å². The van der Waals surface area contributed by atoms with Crippen LogP contribution in [-0.4, -0.2) is 16.1 Å². The fourth-order valence-electron chi connectivity index (χ4n) is 1.62. The Balaban J connectivity index is 2.40. The molecular formula is C13H14N2O. The largest absolute Gasteiger partial charge is 0.298 e. The van der Waals surface area contributed by atoms with E-state index < -0.39 is 0 Å². The number of hydrogen-bond acceptors (Lipinski definition) is 2. The van der Waals surface area contributed by atoms with Crippen LogP contribution in [0.5, 0.6) is 0 Å². The zero-order valence-corrected chi connectivity index (χ0v) is 9.47. The van der Waals surface area contributed by atoms with Gasteiger partial charge in [-0.25, -0.2) is 4.68 Å². The summed E-state index contributed by atoms with van der Waals surface area (Å²) in [5, 5.41) is 4.28. The highest BCUT2D eigenvalue weighted by molar-refractivity contribution is 5.77. The first kappa shape index (κ1) is 10.6. The molecule has 0 aliphatic heterocycles. The Hall–Kier alpha value is -1.90. The van der Waals surface area contributed by atoms with Gasteiger partial charge in [0.25, 0.3) is 0 Å². The summed E-state index contributed by atoms with van der Waals surface area (Å²) < 4.78 is 1.83. The fraction of sp³-hybridized carbons (Fsp3) is 0.231. The van der Waals surface area contributed by atoms with Crippen molar-refractivity contribution in [2.75, 3.05) is 0 Å². The van der Waals surface area contributed by atoms with E-state index in [9.17, 15) is 4.79 Å². The van der Waals surface area contributed by atoms with Crippen LogP contribution in [0.15, 0.2) is 30.6 Å². The fourth-order valence-corrected chi connectivity index (χ4v) is 1.62. The molecule has 16 heavy (non-hydrogen) atoms. The second-order valence-corrected chi connectivity index (χ2v) is 3.81. The molecule has 3 nitrogen and oxygen atoms in total. The summed E-state index contributed by atoms with van der Waals surface area (Å²) in [6.45, 7) is 4.03. The van der Waals surface area contributed by atoms with Gasteiger partial charge >= 0.3 is 0 Å². The number of aldehydes is 1. The van der Waals surface area contributed by atoms with E-state index in [0.717, 1.165) is 29.5 Å². The van der Waals surface area contributed by atoms with Crippen LogP contribution < -0.4 is 0 Å². The van der Waals surface area contributed by atoms with Gasteiger partial charge in [-0.1, -0.05) is 6.92 Å². The standard InChI is InChI=1S/C13H14N2O/c1-3-11-7-14-15(8-11)13-5-4-12(9-16)10(2)6-13/h4-9H,3H2,1-2H3. The minimum atomic E-state index is 0.728. The maximum absolute atomic E-state index is 10.7. The molecule has 82 valence electrons. The van der Waals surface area contributed by atoms with Gasteiger partial charge in [0.1, 0.15) is 6.29 Å². The lowest BCUT2D eigenvalue weighted by Gasteiger charge is -2.04. The van der Waals surface area contributed by atoms with E-state index in [2.05, 4.69) is 12.0 Å². The summed E-state index contributed by atoms with van der Waals surface area (Å²) in [5.74, 6) is 0. The molecule has 0 saturated carbocycles. The van der Waals surface area contributed by atoms with Crippen molar-refractivity contribution in [1.29, 1.82) is 0 Å². The summed E-state index contributed by atoms with van der Waals surface area (Å²) in [5.41, 5.74) is 3.90. The van der Waals surface area contributed by atoms with Gasteiger partial charge in [0, 0.05) is 11.8 Å². The van der Waals surface area contributed by atoms with E-state index in [1.54, 1.807) is 0 Å². The Morgan fingerprint density at radius 2 is 2.25 bits per heavy atom. The number of benzene rings is 1. The second-order valence-electron chi connectivity index (χ2n) is 3.81. The molecule has 0 amide bonds. The number of rotatable bonds is 3. The summed E-state index contributed by atoms with van der Waals surface area (Å²) in [6, 6.07) is 5.70. The van der Waals surface area contributed by atoms with Crippen LogP contribution in [0.3, 0.4) is 0 Å². The molecule has 1 heterocycles. The van der Waals surface area contributed by atoms with E-state index in [0.29, 0.717) is 0 Å². The lowest BCUT2D eigenvalue weighted by Crippen LogP contribution is -1.96. The number of carbonyl (C=O) groups excluding carboxylic acids is 1. The predicted octanol–water partition coefficient (Wildman–Crippen LogP) is 2.56. The minimum Gasteiger partial charge on any atom is -0.298 e. The molecule has 0 N–H and O–H groups in total. The molecule has 2 rings (SSSR count). The van der Waals surface area contributed by atoms with Crippen molar-refractivity contribution in [2.45, 2.75) is 20.3 Å². The average molecular weight is 214 g/mol. The van der Waals surface area contributed by atoms with Crippen molar-refractivity contribution >= 4 is 6.29 Å². The highest BCUT2D eigenvalue weighted by Crippen LogP contribution is 2.13. The topological polar surface area (TPSA) is 34.9 Å². The van der Waals surface area contributed by atoms with Crippen LogP contribution >= 0.6 is 0 Å². The maximum Gasteiger partial charge on any atom is 0.150 e. The third-order valence-electron chi connectivity index (χ3n) is 2.69. The quantitative estimate of drug-likeness (QED) is 0.736. The van der Waals surface area contributed by atoms with Crippen LogP contribution in [-0.2, 0) is 6.42 Å². The molecule has 0 spiro atoms. The van der Waals surface area contributed by atoms with Crippen molar-refractivity contribution in [3.63, 3.8) is 0 Å². The first-order valence-corrected chi connectivity index (χ1v) is 5.34. The van der Waals surface area contributed by atoms with E-state index in [-0.39, 0.29) is 0 Å². The van der Waals surface area contributed by atoms with Crippen LogP contribution in [0.1, 0.15) is 28.4 Å². The third-order valence-corrected chi connectivity index (χ3v) is 2.69. The van der Waals surface area contributed by atoms with Gasteiger partial charge < -0.3 is 0 Å². The Morgan fingerprint density at radius 1 is 1.44 bits per heavy atom. The van der Waals surface area contributed by atoms with Gasteiger partial charge in [-0.3, -0.25) is 4.79 Å². The van der Waals surface area contributed by atoms with Gasteiger partial charge in [-0.2, -0.15) is 5.10 Å². The Morgan fingerprint density at radius 3 is 2.81 bits per heavy atom. The summed E-state index contributed by atoms with van der Waals surface area (Å²) in [4.78, 5) is 10.7. The monoisotopic (exact) mass is 214 g/mol. The van der Waals surface area contributed by atoms with Crippen LogP contribution in [0.25, 0.3) is 5.69 Å². The van der Waals surface area contributed by atoms with E-state index in [1.807, 2.05) is 42.2 Å². The molecule has 0 aliphatic rings. The van der Waals surface area contributed by atoms with Crippen molar-refractivity contribution in [3.8, 4) is 5.69 Å². The normalized spacial score (nSPS) is 10.4. The van der Waals surface area contributed by atoms with Crippen molar-refractivity contribution in [3.05, 3.63) is 47.3 Å². The molecule has 0 fully saturated rings. The number of aryl methyl sites for hydroxylation is 2. The minimum absolute atomic E-state index is 0.728. The van der Waals surface area contributed by atoms with E-state index in [4.69, 9.17) is 0 Å². The van der Waals surface area contributed by atoms with Gasteiger partial charge in [-0.15, -0.1) is 0 Å². The molecule has 3 heteroatoms. The SMILES string of the molecule is CCc1cnn(-c2ccc(C=O)c(C)c2)c1. The van der Waals surface area contributed by atoms with Crippen LogP contribution in [0.2, 0.25) is 0 Å². The molecule has 1 aromatic carbocycles. The highest BCUT2D eigenvalue weighted by atomic mass is 16.1. The molecule has 0 radical (unpaired) electrons. The summed E-state index contributed by atoms with van der Waals surface area (Å²) in [6.07, 6.45) is 5.73. The Labute approximate surface area is 94.7 Å². The van der Waals surface area contributed by atoms with E-state index >= 15 is 0 Å². The molecule has 0 saturated heterocycles. The summed E-state index contributed by atoms with van der Waals surface area (Å²) >= 11 is 0. The Bertz CT molecular complexity index is 514. The van der Waals surface area contributed by atoms with Crippen molar-refractivity contribution < 1.29 is 4.79 Å². The summed E-state index contributed by atoms with van der Waals surface area (Å²) in [7, 11) is 0. The molecule has 0 aliphatic carbocycles. The maximum atomic E-state index is 10.7. The molecule has 0 unspecified atom stereocenters. The van der Waals surface area contributed by atoms with Crippen molar-refractivity contribution in [2.24, 2.45) is 0 Å². The lowest BCUT2D eigenvalue weighted by atomic mass is 10.1. The van der Waals surface area contributed by atoms with Crippen LogP contribution in [0.4, 0.5) is 0 Å². The molecule has 0 atom stereocenters. The second kappa shape index (κ2) is 4.31. The molecular weight excluding hydrogens is 200 g/mol. The Kier molecular flexibility index (Phi) is 2.86. The van der Waals surface area contributed by atoms with Gasteiger partial charge in [0.2, 0.25) is 0 Å². The number of hydrogen-bond donors (Lipinski definition) is 0. The highest BCUT2D eigenvalue weighted by Gasteiger charge is 2.02. The van der Waals surface area contributed by atoms with E-state index in [1.165, 1.54) is 5.56 Å². The number of carbonyl (C=O) groups is 1. The molecule has 2 aromatic rings. The van der Waals surface area contributed by atoms with Gasteiger partial charge in [0.15, 0.2) is 0 Å². The molecule has 1 aromatic heterocycles.